The molecule has 0 saturated heterocycles. The van der Waals surface area contributed by atoms with E-state index in [4.69, 9.17) is 11.2 Å². The minimum atomic E-state index is -3.61. The van der Waals surface area contributed by atoms with Crippen molar-refractivity contribution in [2.75, 3.05) is 13.1 Å². The van der Waals surface area contributed by atoms with E-state index in [1.807, 2.05) is 20.8 Å². The summed E-state index contributed by atoms with van der Waals surface area (Å²) >= 11 is 0. The molecule has 1 aromatic rings. The van der Waals surface area contributed by atoms with Gasteiger partial charge in [-0.2, -0.15) is 0 Å². The van der Waals surface area contributed by atoms with Crippen molar-refractivity contribution in [2.45, 2.75) is 76.2 Å². The number of sulfonamides is 1. The summed E-state index contributed by atoms with van der Waals surface area (Å²) < 4.78 is 32.1. The third-order valence-electron chi connectivity index (χ3n) is 4.23. The van der Waals surface area contributed by atoms with Crippen molar-refractivity contribution in [1.29, 1.82) is 0 Å². The van der Waals surface area contributed by atoms with Crippen LogP contribution in [0, 0.1) is 12.3 Å². The summed E-state index contributed by atoms with van der Waals surface area (Å²) in [6.45, 7) is 6.33. The minimum Gasteiger partial charge on any atom is -0.460 e. The summed E-state index contributed by atoms with van der Waals surface area (Å²) in [6.07, 6.45) is 9.96. The molecule has 0 atom stereocenters. The molecule has 1 amide bonds. The zero-order valence-electron chi connectivity index (χ0n) is 18.7. The van der Waals surface area contributed by atoms with Crippen molar-refractivity contribution in [3.8, 4) is 12.3 Å². The van der Waals surface area contributed by atoms with Crippen LogP contribution in [0.4, 0.5) is 0 Å². The Morgan fingerprint density at radius 2 is 1.65 bits per heavy atom. The highest BCUT2D eigenvalue weighted by Gasteiger charge is 2.16. The lowest BCUT2D eigenvalue weighted by Gasteiger charge is -2.19. The third-order valence-corrected chi connectivity index (χ3v) is 5.71. The Morgan fingerprint density at radius 1 is 1.00 bits per heavy atom. The summed E-state index contributed by atoms with van der Waals surface area (Å²) in [5.41, 5.74) is -0.0566. The normalized spacial score (nSPS) is 11.5. The smallest absolute Gasteiger partial charge is 0.306 e. The number of terminal acetylenes is 1. The fourth-order valence-corrected chi connectivity index (χ4v) is 3.78. The average Bonchev–Trinajstić information content (AvgIpc) is 2.69. The van der Waals surface area contributed by atoms with Gasteiger partial charge in [0.2, 0.25) is 10.0 Å². The Balaban J connectivity index is 2.29. The maximum atomic E-state index is 12.2. The van der Waals surface area contributed by atoms with E-state index >= 15 is 0 Å². The molecule has 172 valence electrons. The molecule has 0 bridgehead atoms. The van der Waals surface area contributed by atoms with Gasteiger partial charge in [0.25, 0.3) is 5.91 Å². The molecule has 1 rings (SSSR count). The Bertz CT molecular complexity index is 849. The molecule has 0 aliphatic rings. The minimum absolute atomic E-state index is 0.106. The SMILES string of the molecule is C#CCCCNS(=O)(=O)c1ccc(C(=O)NCCCCCCC(=O)OC(C)(C)C)cc1. The van der Waals surface area contributed by atoms with Crippen LogP contribution in [0.25, 0.3) is 0 Å². The Kier molecular flexibility index (Phi) is 11.3. The van der Waals surface area contributed by atoms with Crippen LogP contribution in [0.15, 0.2) is 29.2 Å². The summed E-state index contributed by atoms with van der Waals surface area (Å²) in [5, 5.41) is 2.82. The molecular formula is C23H34N2O5S. The van der Waals surface area contributed by atoms with Crippen molar-refractivity contribution in [3.63, 3.8) is 0 Å². The number of rotatable bonds is 13. The van der Waals surface area contributed by atoms with Crippen LogP contribution in [-0.2, 0) is 19.6 Å². The fourth-order valence-electron chi connectivity index (χ4n) is 2.71. The van der Waals surface area contributed by atoms with Crippen molar-refractivity contribution < 1.29 is 22.7 Å². The predicted molar refractivity (Wildman–Crippen MR) is 121 cm³/mol. The van der Waals surface area contributed by atoms with Crippen LogP contribution >= 0.6 is 0 Å². The number of carbonyl (C=O) groups excluding carboxylic acids is 2. The van der Waals surface area contributed by atoms with Crippen molar-refractivity contribution >= 4 is 21.9 Å². The lowest BCUT2D eigenvalue weighted by molar-refractivity contribution is -0.154. The molecule has 0 fully saturated rings. The second-order valence-corrected chi connectivity index (χ2v) is 10.0. The van der Waals surface area contributed by atoms with E-state index in [0.717, 1.165) is 25.7 Å². The maximum absolute atomic E-state index is 12.2. The van der Waals surface area contributed by atoms with Crippen LogP contribution in [-0.4, -0.2) is 39.0 Å². The van der Waals surface area contributed by atoms with Gasteiger partial charge in [-0.15, -0.1) is 12.3 Å². The van der Waals surface area contributed by atoms with Crippen LogP contribution in [0.5, 0.6) is 0 Å². The first-order chi connectivity index (χ1) is 14.5. The molecule has 0 unspecified atom stereocenters. The van der Waals surface area contributed by atoms with Gasteiger partial charge in [0.15, 0.2) is 0 Å². The average molecular weight is 451 g/mol. The number of nitrogens with one attached hydrogen (secondary N) is 2. The number of unbranched alkanes of at least 4 members (excludes halogenated alkanes) is 4. The van der Waals surface area contributed by atoms with E-state index in [1.165, 1.54) is 24.3 Å². The van der Waals surface area contributed by atoms with Crippen LogP contribution < -0.4 is 10.0 Å². The third kappa shape index (κ3) is 11.6. The highest BCUT2D eigenvalue weighted by atomic mass is 32.2. The molecule has 0 aliphatic carbocycles. The molecule has 31 heavy (non-hydrogen) atoms. The quantitative estimate of drug-likeness (QED) is 0.272. The first-order valence-electron chi connectivity index (χ1n) is 10.6. The van der Waals surface area contributed by atoms with E-state index in [-0.39, 0.29) is 23.3 Å². The predicted octanol–water partition coefficient (Wildman–Crippen LogP) is 3.40. The second kappa shape index (κ2) is 13.1. The van der Waals surface area contributed by atoms with Gasteiger partial charge in [0, 0.05) is 31.5 Å². The van der Waals surface area contributed by atoms with E-state index < -0.39 is 15.6 Å². The Labute approximate surface area is 186 Å². The largest absolute Gasteiger partial charge is 0.460 e. The zero-order chi connectivity index (χ0) is 23.3. The van der Waals surface area contributed by atoms with Gasteiger partial charge in [-0.1, -0.05) is 12.8 Å². The first-order valence-corrected chi connectivity index (χ1v) is 12.1. The molecular weight excluding hydrogens is 416 g/mol. The number of hydrogen-bond donors (Lipinski definition) is 2. The van der Waals surface area contributed by atoms with Crippen LogP contribution in [0.2, 0.25) is 0 Å². The molecule has 0 aliphatic heterocycles. The molecule has 0 radical (unpaired) electrons. The molecule has 7 nitrogen and oxygen atoms in total. The van der Waals surface area contributed by atoms with Gasteiger partial charge in [-0.3, -0.25) is 9.59 Å². The molecule has 0 saturated carbocycles. The highest BCUT2D eigenvalue weighted by Crippen LogP contribution is 2.12. The summed E-state index contributed by atoms with van der Waals surface area (Å²) in [7, 11) is -3.61. The van der Waals surface area contributed by atoms with Gasteiger partial charge in [0.1, 0.15) is 5.60 Å². The number of benzene rings is 1. The number of carbonyl (C=O) groups is 2. The van der Waals surface area contributed by atoms with Gasteiger partial charge in [-0.05, 0) is 64.3 Å². The van der Waals surface area contributed by atoms with Gasteiger partial charge >= 0.3 is 5.97 Å². The lowest BCUT2D eigenvalue weighted by Crippen LogP contribution is -2.26. The number of amides is 1. The molecule has 0 aromatic heterocycles. The van der Waals surface area contributed by atoms with Crippen LogP contribution in [0.3, 0.4) is 0 Å². The maximum Gasteiger partial charge on any atom is 0.306 e. The molecule has 2 N–H and O–H groups in total. The first kappa shape index (κ1) is 26.7. The van der Waals surface area contributed by atoms with Gasteiger partial charge in [-0.25, -0.2) is 13.1 Å². The van der Waals surface area contributed by atoms with E-state index in [0.29, 0.717) is 31.4 Å². The van der Waals surface area contributed by atoms with E-state index in [9.17, 15) is 18.0 Å². The molecule has 1 aromatic carbocycles. The summed E-state index contributed by atoms with van der Waals surface area (Å²) in [6, 6.07) is 5.81. The molecule has 0 spiro atoms. The number of esters is 1. The van der Waals surface area contributed by atoms with Gasteiger partial charge < -0.3 is 10.1 Å². The molecule has 0 heterocycles. The Morgan fingerprint density at radius 3 is 2.26 bits per heavy atom. The monoisotopic (exact) mass is 450 g/mol. The Hall–Kier alpha value is -2.37. The zero-order valence-corrected chi connectivity index (χ0v) is 19.5. The van der Waals surface area contributed by atoms with Crippen molar-refractivity contribution in [3.05, 3.63) is 29.8 Å². The molecule has 8 heteroatoms. The summed E-state index contributed by atoms with van der Waals surface area (Å²) in [5.74, 6) is 2.02. The highest BCUT2D eigenvalue weighted by molar-refractivity contribution is 7.89. The topological polar surface area (TPSA) is 102 Å². The lowest BCUT2D eigenvalue weighted by atomic mass is 10.1. The second-order valence-electron chi connectivity index (χ2n) is 8.24. The van der Waals surface area contributed by atoms with Crippen LogP contribution in [0.1, 0.15) is 76.1 Å². The van der Waals surface area contributed by atoms with Crippen molar-refractivity contribution in [1.82, 2.24) is 10.0 Å². The number of ether oxygens (including phenoxy) is 1. The number of hydrogen-bond acceptors (Lipinski definition) is 5. The van der Waals surface area contributed by atoms with E-state index in [2.05, 4.69) is 16.0 Å². The van der Waals surface area contributed by atoms with Gasteiger partial charge in [0.05, 0.1) is 4.90 Å². The summed E-state index contributed by atoms with van der Waals surface area (Å²) in [4.78, 5) is 23.9. The standard InChI is InChI=1S/C23H34N2O5S/c1-5-6-10-18-25-31(28,29)20-15-13-19(14-16-20)22(27)24-17-11-8-7-9-12-21(26)30-23(2,3)4/h1,13-16,25H,6-12,17-18H2,2-4H3,(H,24,27). The van der Waals surface area contributed by atoms with Crippen molar-refractivity contribution in [2.24, 2.45) is 0 Å². The van der Waals surface area contributed by atoms with E-state index in [1.54, 1.807) is 0 Å². The fraction of sp³-hybridized carbons (Fsp3) is 0.565.